The summed E-state index contributed by atoms with van der Waals surface area (Å²) in [6.45, 7) is 6.11. The van der Waals surface area contributed by atoms with Gasteiger partial charge in [-0.3, -0.25) is 4.79 Å². The lowest BCUT2D eigenvalue weighted by Gasteiger charge is -2.38. The Morgan fingerprint density at radius 1 is 1.59 bits per heavy atom. The van der Waals surface area contributed by atoms with E-state index in [0.29, 0.717) is 32.7 Å². The van der Waals surface area contributed by atoms with Gasteiger partial charge in [0.2, 0.25) is 0 Å². The Morgan fingerprint density at radius 3 is 2.88 bits per heavy atom. The number of likely N-dealkylation sites (tertiary alicyclic amines) is 1. The second kappa shape index (κ2) is 6.33. The van der Waals surface area contributed by atoms with E-state index in [0.717, 1.165) is 6.42 Å². The molecule has 1 aliphatic heterocycles. The molecule has 0 aliphatic carbocycles. The summed E-state index contributed by atoms with van der Waals surface area (Å²) in [6.07, 6.45) is 1.38. The van der Waals surface area contributed by atoms with Crippen LogP contribution in [0.1, 0.15) is 26.7 Å². The molecule has 1 fully saturated rings. The predicted molar refractivity (Wildman–Crippen MR) is 65.8 cm³/mol. The van der Waals surface area contributed by atoms with Gasteiger partial charge in [0.1, 0.15) is 0 Å². The quantitative estimate of drug-likeness (QED) is 0.689. The standard InChI is InChI=1S/C12H24N2O3/c1-10(2)13-9-12(16)5-4-6-14(11(12)15)7-8-17-3/h10,13,16H,4-9H2,1-3H3. The second-order valence-corrected chi connectivity index (χ2v) is 4.96. The number of amides is 1. The zero-order valence-electron chi connectivity index (χ0n) is 11.0. The van der Waals surface area contributed by atoms with Gasteiger partial charge in [0.25, 0.3) is 5.91 Å². The van der Waals surface area contributed by atoms with E-state index in [2.05, 4.69) is 5.32 Å². The SMILES string of the molecule is COCCN1CCCC(O)(CNC(C)C)C1=O. The third-order valence-electron chi connectivity index (χ3n) is 3.07. The summed E-state index contributed by atoms with van der Waals surface area (Å²) in [5, 5.41) is 13.5. The molecule has 1 unspecified atom stereocenters. The molecular formula is C12H24N2O3. The molecule has 5 heteroatoms. The maximum Gasteiger partial charge on any atom is 0.255 e. The van der Waals surface area contributed by atoms with E-state index in [1.807, 2.05) is 13.8 Å². The molecule has 0 radical (unpaired) electrons. The van der Waals surface area contributed by atoms with Crippen LogP contribution in [0.25, 0.3) is 0 Å². The minimum Gasteiger partial charge on any atom is -0.383 e. The van der Waals surface area contributed by atoms with Crippen molar-refractivity contribution in [3.05, 3.63) is 0 Å². The van der Waals surface area contributed by atoms with Crippen LogP contribution in [0.5, 0.6) is 0 Å². The summed E-state index contributed by atoms with van der Waals surface area (Å²) in [5.74, 6) is -0.172. The van der Waals surface area contributed by atoms with Gasteiger partial charge in [0, 0.05) is 32.8 Å². The minimum atomic E-state index is -1.24. The van der Waals surface area contributed by atoms with Crippen molar-refractivity contribution in [2.75, 3.05) is 33.4 Å². The molecule has 0 aromatic rings. The first-order chi connectivity index (χ1) is 7.99. The van der Waals surface area contributed by atoms with Crippen LogP contribution in [0.3, 0.4) is 0 Å². The monoisotopic (exact) mass is 244 g/mol. The number of piperidine rings is 1. The van der Waals surface area contributed by atoms with Crippen LogP contribution >= 0.6 is 0 Å². The molecule has 0 aromatic carbocycles. The molecule has 0 bridgehead atoms. The number of aliphatic hydroxyl groups is 1. The fourth-order valence-electron chi connectivity index (χ4n) is 2.02. The highest BCUT2D eigenvalue weighted by Gasteiger charge is 2.41. The van der Waals surface area contributed by atoms with E-state index >= 15 is 0 Å². The lowest BCUT2D eigenvalue weighted by molar-refractivity contribution is -0.157. The number of methoxy groups -OCH3 is 1. The van der Waals surface area contributed by atoms with Crippen LogP contribution in [-0.4, -0.2) is 60.9 Å². The molecule has 1 amide bonds. The van der Waals surface area contributed by atoms with E-state index in [-0.39, 0.29) is 11.9 Å². The van der Waals surface area contributed by atoms with Crippen molar-refractivity contribution in [2.24, 2.45) is 0 Å². The highest BCUT2D eigenvalue weighted by molar-refractivity contribution is 5.86. The van der Waals surface area contributed by atoms with Crippen LogP contribution in [-0.2, 0) is 9.53 Å². The van der Waals surface area contributed by atoms with Crippen molar-refractivity contribution >= 4 is 5.91 Å². The third kappa shape index (κ3) is 3.94. The van der Waals surface area contributed by atoms with Gasteiger partial charge in [-0.15, -0.1) is 0 Å². The molecular weight excluding hydrogens is 220 g/mol. The third-order valence-corrected chi connectivity index (χ3v) is 3.07. The summed E-state index contributed by atoms with van der Waals surface area (Å²) < 4.78 is 4.97. The number of nitrogens with one attached hydrogen (secondary N) is 1. The van der Waals surface area contributed by atoms with Gasteiger partial charge in [-0.1, -0.05) is 13.8 Å². The van der Waals surface area contributed by atoms with Crippen LogP contribution < -0.4 is 5.32 Å². The Hall–Kier alpha value is -0.650. The van der Waals surface area contributed by atoms with Crippen LogP contribution in [0.15, 0.2) is 0 Å². The van der Waals surface area contributed by atoms with Gasteiger partial charge in [-0.05, 0) is 12.8 Å². The first-order valence-electron chi connectivity index (χ1n) is 6.23. The Morgan fingerprint density at radius 2 is 2.29 bits per heavy atom. The first-order valence-corrected chi connectivity index (χ1v) is 6.23. The van der Waals surface area contributed by atoms with Crippen molar-refractivity contribution in [3.8, 4) is 0 Å². The van der Waals surface area contributed by atoms with E-state index in [4.69, 9.17) is 4.74 Å². The zero-order chi connectivity index (χ0) is 12.9. The molecule has 0 aromatic heterocycles. The van der Waals surface area contributed by atoms with Gasteiger partial charge in [0.05, 0.1) is 6.61 Å². The summed E-state index contributed by atoms with van der Waals surface area (Å²) >= 11 is 0. The normalized spacial score (nSPS) is 25.7. The molecule has 0 saturated carbocycles. The van der Waals surface area contributed by atoms with Gasteiger partial charge >= 0.3 is 0 Å². The first kappa shape index (κ1) is 14.4. The largest absolute Gasteiger partial charge is 0.383 e. The molecule has 2 N–H and O–H groups in total. The summed E-state index contributed by atoms with van der Waals surface area (Å²) in [6, 6.07) is 0.265. The number of carbonyl (C=O) groups excluding carboxylic acids is 1. The van der Waals surface area contributed by atoms with Crippen LogP contribution in [0, 0.1) is 0 Å². The summed E-state index contributed by atoms with van der Waals surface area (Å²) in [5.41, 5.74) is -1.24. The second-order valence-electron chi connectivity index (χ2n) is 4.96. The number of carbonyl (C=O) groups is 1. The van der Waals surface area contributed by atoms with E-state index in [1.165, 1.54) is 0 Å². The van der Waals surface area contributed by atoms with E-state index in [1.54, 1.807) is 12.0 Å². The molecule has 5 nitrogen and oxygen atoms in total. The van der Waals surface area contributed by atoms with Crippen molar-refractivity contribution in [1.82, 2.24) is 10.2 Å². The molecule has 17 heavy (non-hydrogen) atoms. The predicted octanol–water partition coefficient (Wildman–Crippen LogP) is -0.0157. The van der Waals surface area contributed by atoms with Crippen molar-refractivity contribution in [1.29, 1.82) is 0 Å². The number of ether oxygens (including phenoxy) is 1. The molecule has 1 heterocycles. The van der Waals surface area contributed by atoms with E-state index in [9.17, 15) is 9.90 Å². The number of nitrogens with zero attached hydrogens (tertiary/aromatic N) is 1. The Balaban J connectivity index is 2.56. The van der Waals surface area contributed by atoms with Crippen molar-refractivity contribution < 1.29 is 14.6 Å². The summed E-state index contributed by atoms with van der Waals surface area (Å²) in [4.78, 5) is 13.8. The van der Waals surface area contributed by atoms with Crippen molar-refractivity contribution in [2.45, 2.75) is 38.3 Å². The highest BCUT2D eigenvalue weighted by atomic mass is 16.5. The molecule has 1 rings (SSSR count). The van der Waals surface area contributed by atoms with Gasteiger partial charge < -0.3 is 20.1 Å². The number of hydrogen-bond donors (Lipinski definition) is 2. The average Bonchev–Trinajstić information content (AvgIpc) is 2.29. The zero-order valence-corrected chi connectivity index (χ0v) is 11.0. The fourth-order valence-corrected chi connectivity index (χ4v) is 2.02. The lowest BCUT2D eigenvalue weighted by atomic mass is 9.91. The summed E-state index contributed by atoms with van der Waals surface area (Å²) in [7, 11) is 1.61. The molecule has 0 spiro atoms. The Labute approximate surface area is 103 Å². The molecule has 1 aliphatic rings. The van der Waals surface area contributed by atoms with Crippen molar-refractivity contribution in [3.63, 3.8) is 0 Å². The lowest BCUT2D eigenvalue weighted by Crippen LogP contribution is -2.59. The van der Waals surface area contributed by atoms with Gasteiger partial charge in [-0.25, -0.2) is 0 Å². The molecule has 100 valence electrons. The average molecular weight is 244 g/mol. The molecule has 1 atom stereocenters. The Bertz CT molecular complexity index is 258. The van der Waals surface area contributed by atoms with Gasteiger partial charge in [0.15, 0.2) is 5.60 Å². The van der Waals surface area contributed by atoms with Crippen LogP contribution in [0.2, 0.25) is 0 Å². The maximum atomic E-state index is 12.1. The van der Waals surface area contributed by atoms with Gasteiger partial charge in [-0.2, -0.15) is 0 Å². The topological polar surface area (TPSA) is 61.8 Å². The molecule has 1 saturated heterocycles. The number of rotatable bonds is 6. The highest BCUT2D eigenvalue weighted by Crippen LogP contribution is 2.22. The smallest absolute Gasteiger partial charge is 0.255 e. The maximum absolute atomic E-state index is 12.1. The van der Waals surface area contributed by atoms with E-state index < -0.39 is 5.60 Å². The van der Waals surface area contributed by atoms with Crippen LogP contribution in [0.4, 0.5) is 0 Å². The Kier molecular flexibility index (Phi) is 5.36. The fraction of sp³-hybridized carbons (Fsp3) is 0.917. The number of hydrogen-bond acceptors (Lipinski definition) is 4. The minimum absolute atomic E-state index is 0.172.